The molecule has 158 valence electrons. The summed E-state index contributed by atoms with van der Waals surface area (Å²) in [6.45, 7) is 7.46. The van der Waals surface area contributed by atoms with E-state index >= 15 is 0 Å². The molecule has 31 heavy (non-hydrogen) atoms. The summed E-state index contributed by atoms with van der Waals surface area (Å²) in [7, 11) is 1.64. The van der Waals surface area contributed by atoms with Crippen LogP contribution in [0.4, 0.5) is 5.82 Å². The monoisotopic (exact) mass is 417 g/mol. The largest absolute Gasteiger partial charge is 0.308 e. The Kier molecular flexibility index (Phi) is 5.24. The zero-order valence-corrected chi connectivity index (χ0v) is 17.6. The minimum absolute atomic E-state index is 0.0479. The molecule has 0 spiro atoms. The SMILES string of the molecule is C=Cn1nc(NC(=O)Cn2nc(C(C)C)n3c(cc4ccccc43)c2=O)ccc1=NC. The number of aromatic nitrogens is 5. The molecule has 1 aromatic carbocycles. The molecule has 0 saturated heterocycles. The van der Waals surface area contributed by atoms with Crippen molar-refractivity contribution in [1.29, 1.82) is 0 Å². The van der Waals surface area contributed by atoms with Crippen molar-refractivity contribution >= 4 is 34.3 Å². The number of carbonyl (C=O) groups is 1. The van der Waals surface area contributed by atoms with E-state index in [1.54, 1.807) is 19.2 Å². The fourth-order valence-electron chi connectivity index (χ4n) is 3.51. The molecule has 0 aliphatic rings. The first-order valence-electron chi connectivity index (χ1n) is 9.89. The Morgan fingerprint density at radius 2 is 1.97 bits per heavy atom. The number of hydrogen-bond donors (Lipinski definition) is 1. The van der Waals surface area contributed by atoms with E-state index < -0.39 is 5.91 Å². The number of benzene rings is 1. The van der Waals surface area contributed by atoms with Gasteiger partial charge in [0.25, 0.3) is 5.56 Å². The van der Waals surface area contributed by atoms with E-state index in [0.29, 0.717) is 22.6 Å². The molecule has 9 heteroatoms. The normalized spacial score (nSPS) is 12.1. The van der Waals surface area contributed by atoms with Crippen molar-refractivity contribution in [2.45, 2.75) is 26.3 Å². The first-order valence-corrected chi connectivity index (χ1v) is 9.89. The number of nitrogens with zero attached hydrogens (tertiary/aromatic N) is 6. The molecule has 4 rings (SSSR count). The van der Waals surface area contributed by atoms with Crippen LogP contribution in [0, 0.1) is 0 Å². The van der Waals surface area contributed by atoms with Gasteiger partial charge in [0.2, 0.25) is 5.91 Å². The van der Waals surface area contributed by atoms with E-state index in [1.807, 2.05) is 48.6 Å². The molecule has 0 atom stereocenters. The maximum Gasteiger partial charge on any atom is 0.291 e. The predicted molar refractivity (Wildman–Crippen MR) is 120 cm³/mol. The number of para-hydroxylation sites is 1. The van der Waals surface area contributed by atoms with Gasteiger partial charge in [-0.05, 0) is 24.3 Å². The summed E-state index contributed by atoms with van der Waals surface area (Å²) in [5.74, 6) is 0.671. The minimum atomic E-state index is -0.408. The Balaban J connectivity index is 1.72. The molecule has 4 aromatic rings. The summed E-state index contributed by atoms with van der Waals surface area (Å²) in [6, 6.07) is 13.0. The van der Waals surface area contributed by atoms with Gasteiger partial charge in [0.1, 0.15) is 23.4 Å². The van der Waals surface area contributed by atoms with Crippen LogP contribution in [0.2, 0.25) is 0 Å². The van der Waals surface area contributed by atoms with Crippen LogP contribution >= 0.6 is 0 Å². The summed E-state index contributed by atoms with van der Waals surface area (Å²) in [5, 5.41) is 12.4. The van der Waals surface area contributed by atoms with Crippen molar-refractivity contribution in [3.63, 3.8) is 0 Å². The lowest BCUT2D eigenvalue weighted by molar-refractivity contribution is -0.117. The van der Waals surface area contributed by atoms with Gasteiger partial charge in [0, 0.05) is 24.6 Å². The van der Waals surface area contributed by atoms with Crippen molar-refractivity contribution in [1.82, 2.24) is 24.0 Å². The molecular formula is C22H23N7O2. The van der Waals surface area contributed by atoms with Gasteiger partial charge in [-0.2, -0.15) is 5.10 Å². The second-order valence-corrected chi connectivity index (χ2v) is 7.38. The van der Waals surface area contributed by atoms with Crippen LogP contribution in [-0.2, 0) is 11.3 Å². The highest BCUT2D eigenvalue weighted by Gasteiger charge is 2.18. The molecule has 0 radical (unpaired) electrons. The highest BCUT2D eigenvalue weighted by Crippen LogP contribution is 2.22. The fourth-order valence-corrected chi connectivity index (χ4v) is 3.51. The van der Waals surface area contributed by atoms with E-state index in [-0.39, 0.29) is 18.0 Å². The summed E-state index contributed by atoms with van der Waals surface area (Å²) in [4.78, 5) is 29.8. The number of fused-ring (bicyclic) bond motifs is 3. The van der Waals surface area contributed by atoms with Crippen molar-refractivity contribution in [3.05, 3.63) is 70.7 Å². The third kappa shape index (κ3) is 3.65. The summed E-state index contributed by atoms with van der Waals surface area (Å²) in [5.41, 5.74) is 1.68. The molecule has 0 bridgehead atoms. The van der Waals surface area contributed by atoms with Crippen LogP contribution in [0.3, 0.4) is 0 Å². The molecule has 0 fully saturated rings. The molecule has 1 N–H and O–H groups in total. The van der Waals surface area contributed by atoms with Gasteiger partial charge in [-0.15, -0.1) is 5.10 Å². The third-order valence-electron chi connectivity index (χ3n) is 4.94. The second-order valence-electron chi connectivity index (χ2n) is 7.38. The van der Waals surface area contributed by atoms with E-state index in [4.69, 9.17) is 0 Å². The number of rotatable bonds is 5. The Morgan fingerprint density at radius 3 is 2.68 bits per heavy atom. The van der Waals surface area contributed by atoms with Gasteiger partial charge in [-0.3, -0.25) is 19.0 Å². The average Bonchev–Trinajstić information content (AvgIpc) is 3.15. The Morgan fingerprint density at radius 1 is 1.19 bits per heavy atom. The smallest absolute Gasteiger partial charge is 0.291 e. The second kappa shape index (κ2) is 8.02. The van der Waals surface area contributed by atoms with Crippen LogP contribution in [-0.4, -0.2) is 36.9 Å². The highest BCUT2D eigenvalue weighted by molar-refractivity contribution is 5.90. The van der Waals surface area contributed by atoms with E-state index in [2.05, 4.69) is 27.1 Å². The Hall–Kier alpha value is -4.01. The van der Waals surface area contributed by atoms with Crippen molar-refractivity contribution < 1.29 is 4.79 Å². The maximum atomic E-state index is 13.1. The predicted octanol–water partition coefficient (Wildman–Crippen LogP) is 2.24. The quantitative estimate of drug-likeness (QED) is 0.538. The van der Waals surface area contributed by atoms with Crippen molar-refractivity contribution in [2.75, 3.05) is 12.4 Å². The lowest BCUT2D eigenvalue weighted by atomic mass is 10.2. The van der Waals surface area contributed by atoms with Gasteiger partial charge in [0.15, 0.2) is 5.82 Å². The molecule has 3 heterocycles. The zero-order valence-electron chi connectivity index (χ0n) is 17.6. The standard InChI is InChI=1S/C22H23N7O2/c1-5-27-19(23-4)11-10-18(25-27)24-20(30)13-28-22(31)17-12-15-8-6-7-9-16(15)29(17)21(26-28)14(2)3/h5-12,14H,1,13H2,2-4H3,(H,24,25,30). The number of carbonyl (C=O) groups excluding carboxylic acids is 1. The maximum absolute atomic E-state index is 13.1. The summed E-state index contributed by atoms with van der Waals surface area (Å²) in [6.07, 6.45) is 1.49. The molecule has 9 nitrogen and oxygen atoms in total. The van der Waals surface area contributed by atoms with Gasteiger partial charge < -0.3 is 5.32 Å². The Labute approximate surface area is 178 Å². The molecular weight excluding hydrogens is 394 g/mol. The molecule has 0 saturated carbocycles. The minimum Gasteiger partial charge on any atom is -0.308 e. The van der Waals surface area contributed by atoms with E-state index in [9.17, 15) is 9.59 Å². The Bertz CT molecular complexity index is 1440. The zero-order chi connectivity index (χ0) is 22.1. The summed E-state index contributed by atoms with van der Waals surface area (Å²) < 4.78 is 4.53. The lowest BCUT2D eigenvalue weighted by Gasteiger charge is -2.13. The first kappa shape index (κ1) is 20.3. The average molecular weight is 417 g/mol. The number of anilines is 1. The molecule has 0 unspecified atom stereocenters. The van der Waals surface area contributed by atoms with Crippen molar-refractivity contribution in [3.8, 4) is 0 Å². The lowest BCUT2D eigenvalue weighted by Crippen LogP contribution is -2.33. The van der Waals surface area contributed by atoms with Gasteiger partial charge in [-0.1, -0.05) is 38.6 Å². The summed E-state index contributed by atoms with van der Waals surface area (Å²) >= 11 is 0. The van der Waals surface area contributed by atoms with Crippen LogP contribution in [0.15, 0.2) is 58.8 Å². The van der Waals surface area contributed by atoms with Crippen molar-refractivity contribution in [2.24, 2.45) is 4.99 Å². The fraction of sp³-hybridized carbons (Fsp3) is 0.227. The van der Waals surface area contributed by atoms with Crippen LogP contribution in [0.1, 0.15) is 25.6 Å². The number of amides is 1. The molecule has 1 amide bonds. The van der Waals surface area contributed by atoms with Crippen LogP contribution < -0.4 is 16.4 Å². The van der Waals surface area contributed by atoms with E-state index in [1.165, 1.54) is 15.6 Å². The molecule has 0 aliphatic carbocycles. The number of nitrogens with one attached hydrogen (secondary N) is 1. The van der Waals surface area contributed by atoms with Gasteiger partial charge in [-0.25, -0.2) is 9.36 Å². The third-order valence-corrected chi connectivity index (χ3v) is 4.94. The first-order chi connectivity index (χ1) is 14.9. The van der Waals surface area contributed by atoms with Gasteiger partial charge >= 0.3 is 0 Å². The van der Waals surface area contributed by atoms with Crippen LogP contribution in [0.25, 0.3) is 22.6 Å². The molecule has 0 aliphatic heterocycles. The van der Waals surface area contributed by atoms with Crippen LogP contribution in [0.5, 0.6) is 0 Å². The topological polar surface area (TPSA) is 98.6 Å². The van der Waals surface area contributed by atoms with E-state index in [0.717, 1.165) is 10.9 Å². The highest BCUT2D eigenvalue weighted by atomic mass is 16.2. The number of hydrogen-bond acceptors (Lipinski definition) is 5. The molecule has 3 aromatic heterocycles. The van der Waals surface area contributed by atoms with Gasteiger partial charge in [0.05, 0.1) is 5.52 Å².